The Morgan fingerprint density at radius 1 is 1.24 bits per heavy atom. The molecule has 4 atom stereocenters. The Bertz CT molecular complexity index is 663. The lowest BCUT2D eigenvalue weighted by Gasteiger charge is -2.38. The van der Waals surface area contributed by atoms with Gasteiger partial charge in [-0.3, -0.25) is 10.1 Å². The average molecular weight is 300 g/mol. The Labute approximate surface area is 126 Å². The number of carbonyl (C=O) groups is 1. The first-order valence-electron chi connectivity index (χ1n) is 7.12. The van der Waals surface area contributed by atoms with Crippen molar-refractivity contribution in [2.45, 2.75) is 30.5 Å². The van der Waals surface area contributed by atoms with Crippen LogP contribution in [0.1, 0.15) is 28.8 Å². The molecule has 4 nitrogen and oxygen atoms in total. The van der Waals surface area contributed by atoms with E-state index in [2.05, 4.69) is 28.8 Å². The number of fused-ring (bicyclic) bond motifs is 3. The number of nitrogens with one attached hydrogen (secondary N) is 2. The third-order valence-corrected chi connectivity index (χ3v) is 5.45. The van der Waals surface area contributed by atoms with Crippen molar-refractivity contribution in [1.82, 2.24) is 5.32 Å². The van der Waals surface area contributed by atoms with Gasteiger partial charge >= 0.3 is 5.97 Å². The molecule has 2 aliphatic heterocycles. The first-order valence-corrected chi connectivity index (χ1v) is 8.00. The van der Waals surface area contributed by atoms with Gasteiger partial charge in [0.05, 0.1) is 12.1 Å². The summed E-state index contributed by atoms with van der Waals surface area (Å²) in [5, 5.41) is 18.4. The summed E-state index contributed by atoms with van der Waals surface area (Å²) in [6.07, 6.45) is 0.631. The van der Waals surface area contributed by atoms with Crippen molar-refractivity contribution in [3.05, 3.63) is 52.2 Å². The quantitative estimate of drug-likeness (QED) is 0.798. The summed E-state index contributed by atoms with van der Waals surface area (Å²) in [5.74, 6) is -0.518. The lowest BCUT2D eigenvalue weighted by molar-refractivity contribution is -0.140. The van der Waals surface area contributed by atoms with Crippen molar-refractivity contribution in [2.75, 3.05) is 5.32 Å². The molecule has 0 amide bonds. The standard InChI is InChI=1S/C16H16N2O2S/c19-16(20)12-8-10-9-4-1-2-5-11(9)17-14(10)15(18-12)13-6-3-7-21-13/h1-7,10,12,14-15,17-18H,8H2,(H,19,20). The molecule has 2 aliphatic rings. The molecule has 0 radical (unpaired) electrons. The van der Waals surface area contributed by atoms with Crippen LogP contribution in [0.4, 0.5) is 5.69 Å². The molecule has 5 heteroatoms. The summed E-state index contributed by atoms with van der Waals surface area (Å²) >= 11 is 1.68. The predicted molar refractivity (Wildman–Crippen MR) is 82.8 cm³/mol. The predicted octanol–water partition coefficient (Wildman–Crippen LogP) is 2.81. The SMILES string of the molecule is O=C(O)C1CC2c3ccccc3NC2C(c2cccs2)N1. The number of rotatable bonds is 2. The molecule has 3 heterocycles. The molecule has 4 unspecified atom stereocenters. The maximum Gasteiger partial charge on any atom is 0.320 e. The summed E-state index contributed by atoms with van der Waals surface area (Å²) in [5.41, 5.74) is 2.39. The van der Waals surface area contributed by atoms with E-state index in [9.17, 15) is 9.90 Å². The molecule has 3 N–H and O–H groups in total. The number of piperidine rings is 1. The number of benzene rings is 1. The Kier molecular flexibility index (Phi) is 2.97. The summed E-state index contributed by atoms with van der Waals surface area (Å²) in [6.45, 7) is 0. The minimum Gasteiger partial charge on any atom is -0.480 e. The highest BCUT2D eigenvalue weighted by Gasteiger charge is 2.45. The summed E-state index contributed by atoms with van der Waals surface area (Å²) in [7, 11) is 0. The lowest BCUT2D eigenvalue weighted by Crippen LogP contribution is -2.51. The van der Waals surface area contributed by atoms with Gasteiger partial charge in [-0.2, -0.15) is 0 Å². The number of thiophene rings is 1. The van der Waals surface area contributed by atoms with Gasteiger partial charge < -0.3 is 10.4 Å². The molecular formula is C16H16N2O2S. The molecule has 1 aromatic carbocycles. The summed E-state index contributed by atoms with van der Waals surface area (Å²) in [6, 6.07) is 12.1. The third-order valence-electron chi connectivity index (χ3n) is 4.49. The van der Waals surface area contributed by atoms with Crippen molar-refractivity contribution in [1.29, 1.82) is 0 Å². The zero-order valence-corrected chi connectivity index (χ0v) is 12.1. The monoisotopic (exact) mass is 300 g/mol. The molecule has 4 rings (SSSR count). The number of anilines is 1. The smallest absolute Gasteiger partial charge is 0.320 e. The van der Waals surface area contributed by atoms with Gasteiger partial charge in [-0.05, 0) is 29.5 Å². The van der Waals surface area contributed by atoms with E-state index in [1.54, 1.807) is 11.3 Å². The van der Waals surface area contributed by atoms with Crippen LogP contribution in [0.2, 0.25) is 0 Å². The van der Waals surface area contributed by atoms with Gasteiger partial charge in [-0.15, -0.1) is 11.3 Å². The molecule has 0 spiro atoms. The van der Waals surface area contributed by atoms with Crippen LogP contribution in [0.15, 0.2) is 41.8 Å². The third kappa shape index (κ3) is 2.04. The van der Waals surface area contributed by atoms with Crippen LogP contribution < -0.4 is 10.6 Å². The molecule has 0 aliphatic carbocycles. The average Bonchev–Trinajstić information content (AvgIpc) is 3.13. The van der Waals surface area contributed by atoms with Gasteiger partial charge in [0.2, 0.25) is 0 Å². The number of hydrogen-bond donors (Lipinski definition) is 3. The minimum atomic E-state index is -0.764. The molecule has 108 valence electrons. The van der Waals surface area contributed by atoms with Crippen LogP contribution >= 0.6 is 11.3 Å². The van der Waals surface area contributed by atoms with Crippen LogP contribution in [0.25, 0.3) is 0 Å². The van der Waals surface area contributed by atoms with E-state index < -0.39 is 12.0 Å². The van der Waals surface area contributed by atoms with Crippen LogP contribution in [-0.4, -0.2) is 23.2 Å². The number of para-hydroxylation sites is 1. The maximum absolute atomic E-state index is 11.5. The van der Waals surface area contributed by atoms with Gasteiger partial charge in [0.1, 0.15) is 6.04 Å². The van der Waals surface area contributed by atoms with Crippen LogP contribution in [0, 0.1) is 0 Å². The first kappa shape index (κ1) is 12.9. The van der Waals surface area contributed by atoms with Crippen LogP contribution in [0.5, 0.6) is 0 Å². The van der Waals surface area contributed by atoms with Crippen LogP contribution in [0.3, 0.4) is 0 Å². The summed E-state index contributed by atoms with van der Waals surface area (Å²) in [4.78, 5) is 12.7. The fourth-order valence-electron chi connectivity index (χ4n) is 3.56. The number of carboxylic acids is 1. The number of hydrogen-bond acceptors (Lipinski definition) is 4. The van der Waals surface area contributed by atoms with E-state index in [0.717, 1.165) is 5.69 Å². The molecule has 1 fully saturated rings. The second-order valence-electron chi connectivity index (χ2n) is 5.65. The number of aliphatic carboxylic acids is 1. The lowest BCUT2D eigenvalue weighted by atomic mass is 9.81. The molecule has 1 aromatic heterocycles. The fourth-order valence-corrected chi connectivity index (χ4v) is 4.39. The van der Waals surface area contributed by atoms with Gasteiger partial charge in [-0.25, -0.2) is 0 Å². The topological polar surface area (TPSA) is 61.4 Å². The van der Waals surface area contributed by atoms with Gasteiger partial charge in [0.25, 0.3) is 0 Å². The number of carboxylic acid groups (broad SMARTS) is 1. The molecule has 21 heavy (non-hydrogen) atoms. The van der Waals surface area contributed by atoms with Gasteiger partial charge in [0.15, 0.2) is 0 Å². The van der Waals surface area contributed by atoms with Gasteiger partial charge in [0, 0.05) is 16.5 Å². The highest BCUT2D eigenvalue weighted by molar-refractivity contribution is 7.10. The Morgan fingerprint density at radius 2 is 2.10 bits per heavy atom. The Balaban J connectivity index is 1.75. The van der Waals surface area contributed by atoms with E-state index in [0.29, 0.717) is 6.42 Å². The minimum absolute atomic E-state index is 0.0391. The fraction of sp³-hybridized carbons (Fsp3) is 0.312. The molecule has 0 saturated carbocycles. The van der Waals surface area contributed by atoms with E-state index >= 15 is 0 Å². The largest absolute Gasteiger partial charge is 0.480 e. The highest BCUT2D eigenvalue weighted by atomic mass is 32.1. The Morgan fingerprint density at radius 3 is 2.86 bits per heavy atom. The molecule has 0 bridgehead atoms. The van der Waals surface area contributed by atoms with E-state index in [1.807, 2.05) is 23.6 Å². The van der Waals surface area contributed by atoms with E-state index in [1.165, 1.54) is 10.4 Å². The van der Waals surface area contributed by atoms with E-state index in [-0.39, 0.29) is 18.0 Å². The molecular weight excluding hydrogens is 284 g/mol. The zero-order valence-electron chi connectivity index (χ0n) is 11.3. The van der Waals surface area contributed by atoms with Crippen LogP contribution in [-0.2, 0) is 4.79 Å². The maximum atomic E-state index is 11.5. The second-order valence-corrected chi connectivity index (χ2v) is 6.63. The first-order chi connectivity index (χ1) is 10.2. The van der Waals surface area contributed by atoms with Crippen molar-refractivity contribution < 1.29 is 9.90 Å². The normalized spacial score (nSPS) is 30.3. The van der Waals surface area contributed by atoms with Crippen molar-refractivity contribution in [3.63, 3.8) is 0 Å². The van der Waals surface area contributed by atoms with Crippen molar-refractivity contribution >= 4 is 23.0 Å². The summed E-state index contributed by atoms with van der Waals surface area (Å²) < 4.78 is 0. The molecule has 2 aromatic rings. The van der Waals surface area contributed by atoms with Gasteiger partial charge in [-0.1, -0.05) is 24.3 Å². The Hall–Kier alpha value is -1.85. The zero-order chi connectivity index (χ0) is 14.4. The molecule has 1 saturated heterocycles. The van der Waals surface area contributed by atoms with E-state index in [4.69, 9.17) is 0 Å². The second kappa shape index (κ2) is 4.86. The highest BCUT2D eigenvalue weighted by Crippen LogP contribution is 2.46. The van der Waals surface area contributed by atoms with Crippen molar-refractivity contribution in [3.8, 4) is 0 Å². The van der Waals surface area contributed by atoms with Crippen molar-refractivity contribution in [2.24, 2.45) is 0 Å².